The molecule has 3 aromatic heterocycles. The molecule has 0 unspecified atom stereocenters. The molecular formula is C23H18FN5O2. The average Bonchev–Trinajstić information content (AvgIpc) is 3.24. The number of rotatable bonds is 3. The molecular weight excluding hydrogens is 397 g/mol. The van der Waals surface area contributed by atoms with Crippen molar-refractivity contribution in [3.8, 4) is 16.9 Å². The van der Waals surface area contributed by atoms with E-state index in [0.717, 1.165) is 24.6 Å². The first kappa shape index (κ1) is 17.9. The number of benzene rings is 2. The molecule has 0 aliphatic heterocycles. The fourth-order valence-electron chi connectivity index (χ4n) is 4.26. The molecule has 5 aromatic rings. The fraction of sp³-hybridized carbons (Fsp3) is 0.174. The van der Waals surface area contributed by atoms with Crippen LogP contribution in [0.4, 0.5) is 10.1 Å². The first-order valence-electron chi connectivity index (χ1n) is 10.1. The van der Waals surface area contributed by atoms with Crippen LogP contribution < -0.4 is 16.0 Å². The minimum Gasteiger partial charge on any atom is -0.488 e. The van der Waals surface area contributed by atoms with Gasteiger partial charge in [0.15, 0.2) is 0 Å². The molecule has 0 spiro atoms. The molecule has 154 valence electrons. The van der Waals surface area contributed by atoms with Crippen LogP contribution in [-0.2, 0) is 0 Å². The third-order valence-electron chi connectivity index (χ3n) is 6.06. The van der Waals surface area contributed by atoms with E-state index in [1.165, 1.54) is 12.3 Å². The van der Waals surface area contributed by atoms with Gasteiger partial charge in [0, 0.05) is 27.9 Å². The molecule has 0 radical (unpaired) electrons. The molecule has 7 nitrogen and oxygen atoms in total. The summed E-state index contributed by atoms with van der Waals surface area (Å²) in [6.45, 7) is 0. The van der Waals surface area contributed by atoms with Crippen molar-refractivity contribution < 1.29 is 9.13 Å². The second kappa shape index (κ2) is 6.53. The number of halogens is 1. The van der Waals surface area contributed by atoms with Crippen molar-refractivity contribution in [2.24, 2.45) is 0 Å². The van der Waals surface area contributed by atoms with Crippen molar-refractivity contribution >= 4 is 38.4 Å². The Kier molecular flexibility index (Phi) is 3.77. The van der Waals surface area contributed by atoms with Crippen LogP contribution in [0.5, 0.6) is 5.75 Å². The number of hydrogen-bond donors (Lipinski definition) is 3. The van der Waals surface area contributed by atoms with Gasteiger partial charge in [-0.05, 0) is 49.1 Å². The summed E-state index contributed by atoms with van der Waals surface area (Å²) in [6, 6.07) is 8.55. The molecule has 1 saturated carbocycles. The van der Waals surface area contributed by atoms with Gasteiger partial charge in [-0.3, -0.25) is 14.9 Å². The van der Waals surface area contributed by atoms with Gasteiger partial charge in [-0.25, -0.2) is 4.39 Å². The SMILES string of the molecule is Nc1c(-c2ccc(F)c3[nH]ncc23)c2cc(OC3CCC3)c3ncccc3c2[nH]c1=O. The van der Waals surface area contributed by atoms with Crippen LogP contribution in [0.3, 0.4) is 0 Å². The Morgan fingerprint density at radius 1 is 1.13 bits per heavy atom. The van der Waals surface area contributed by atoms with E-state index >= 15 is 0 Å². The number of ether oxygens (including phenoxy) is 1. The van der Waals surface area contributed by atoms with Gasteiger partial charge in [0.25, 0.3) is 5.56 Å². The monoisotopic (exact) mass is 415 g/mol. The van der Waals surface area contributed by atoms with Crippen LogP contribution >= 0.6 is 0 Å². The summed E-state index contributed by atoms with van der Waals surface area (Å²) < 4.78 is 20.5. The van der Waals surface area contributed by atoms with E-state index < -0.39 is 11.4 Å². The van der Waals surface area contributed by atoms with Gasteiger partial charge < -0.3 is 15.5 Å². The predicted molar refractivity (Wildman–Crippen MR) is 118 cm³/mol. The normalized spacial score (nSPS) is 14.4. The molecule has 1 aliphatic carbocycles. The number of nitrogens with two attached hydrogens (primary N) is 1. The maximum absolute atomic E-state index is 14.3. The number of nitrogens with one attached hydrogen (secondary N) is 2. The lowest BCUT2D eigenvalue weighted by Crippen LogP contribution is -2.24. The molecule has 6 rings (SSSR count). The van der Waals surface area contributed by atoms with E-state index in [1.54, 1.807) is 12.3 Å². The smallest absolute Gasteiger partial charge is 0.272 e. The zero-order valence-corrected chi connectivity index (χ0v) is 16.4. The highest BCUT2D eigenvalue weighted by Crippen LogP contribution is 2.41. The highest BCUT2D eigenvalue weighted by atomic mass is 19.1. The van der Waals surface area contributed by atoms with Gasteiger partial charge in [0.05, 0.1) is 17.8 Å². The van der Waals surface area contributed by atoms with Crippen LogP contribution in [0, 0.1) is 5.82 Å². The van der Waals surface area contributed by atoms with E-state index in [9.17, 15) is 9.18 Å². The minimum absolute atomic E-state index is 0.0550. The molecule has 0 saturated heterocycles. The zero-order chi connectivity index (χ0) is 21.1. The average molecular weight is 415 g/mol. The molecule has 1 aliphatic rings. The van der Waals surface area contributed by atoms with Crippen molar-refractivity contribution in [3.63, 3.8) is 0 Å². The fourth-order valence-corrected chi connectivity index (χ4v) is 4.26. The molecule has 31 heavy (non-hydrogen) atoms. The third kappa shape index (κ3) is 2.61. The number of H-pyrrole nitrogens is 2. The van der Waals surface area contributed by atoms with E-state index in [4.69, 9.17) is 10.5 Å². The van der Waals surface area contributed by atoms with Gasteiger partial charge in [-0.15, -0.1) is 0 Å². The Hall–Kier alpha value is -3.94. The Morgan fingerprint density at radius 3 is 2.81 bits per heavy atom. The van der Waals surface area contributed by atoms with Crippen molar-refractivity contribution in [2.75, 3.05) is 5.73 Å². The first-order chi connectivity index (χ1) is 15.1. The van der Waals surface area contributed by atoms with E-state index in [0.29, 0.717) is 38.7 Å². The quantitative estimate of drug-likeness (QED) is 0.381. The molecule has 0 amide bonds. The van der Waals surface area contributed by atoms with Crippen LogP contribution in [0.1, 0.15) is 19.3 Å². The molecule has 2 aromatic carbocycles. The summed E-state index contributed by atoms with van der Waals surface area (Å²) in [5.41, 5.74) is 8.63. The number of pyridine rings is 2. The first-order valence-corrected chi connectivity index (χ1v) is 10.1. The summed E-state index contributed by atoms with van der Waals surface area (Å²) in [5.74, 6) is 0.221. The summed E-state index contributed by atoms with van der Waals surface area (Å²) in [4.78, 5) is 20.2. The van der Waals surface area contributed by atoms with Crippen molar-refractivity contribution in [1.82, 2.24) is 20.2 Å². The summed E-state index contributed by atoms with van der Waals surface area (Å²) >= 11 is 0. The highest BCUT2D eigenvalue weighted by molar-refractivity contribution is 6.15. The minimum atomic E-state index is -0.423. The summed E-state index contributed by atoms with van der Waals surface area (Å²) in [5, 5.41) is 8.67. The maximum atomic E-state index is 14.3. The maximum Gasteiger partial charge on any atom is 0.272 e. The molecule has 0 atom stereocenters. The van der Waals surface area contributed by atoms with Gasteiger partial charge in [-0.2, -0.15) is 5.10 Å². The van der Waals surface area contributed by atoms with E-state index in [2.05, 4.69) is 20.2 Å². The molecule has 4 N–H and O–H groups in total. The van der Waals surface area contributed by atoms with Crippen molar-refractivity contribution in [2.45, 2.75) is 25.4 Å². The molecule has 3 heterocycles. The lowest BCUT2D eigenvalue weighted by molar-refractivity contribution is 0.122. The summed E-state index contributed by atoms with van der Waals surface area (Å²) in [7, 11) is 0. The Morgan fingerprint density at radius 2 is 2.00 bits per heavy atom. The summed E-state index contributed by atoms with van der Waals surface area (Å²) in [6.07, 6.45) is 6.53. The number of aromatic nitrogens is 4. The third-order valence-corrected chi connectivity index (χ3v) is 6.06. The van der Waals surface area contributed by atoms with E-state index in [1.807, 2.05) is 18.2 Å². The van der Waals surface area contributed by atoms with Gasteiger partial charge >= 0.3 is 0 Å². The predicted octanol–water partition coefficient (Wildman–Crippen LogP) is 4.27. The number of fused-ring (bicyclic) bond motifs is 4. The number of nitrogen functional groups attached to an aromatic ring is 1. The highest BCUT2D eigenvalue weighted by Gasteiger charge is 2.23. The number of anilines is 1. The Balaban J connectivity index is 1.75. The van der Waals surface area contributed by atoms with Crippen molar-refractivity contribution in [1.29, 1.82) is 0 Å². The largest absolute Gasteiger partial charge is 0.488 e. The standard InChI is InChI=1S/C23H18FN5O2/c24-16-7-6-12(15-10-27-29-21(15)16)18-14-9-17(31-11-3-1-4-11)22-13(5-2-8-26-22)20(14)28-23(30)19(18)25/h2,5-11H,1,3-4,25H2,(H,27,29)(H,28,30). The second-order valence-electron chi connectivity index (χ2n) is 7.86. The lowest BCUT2D eigenvalue weighted by Gasteiger charge is -2.27. The number of aromatic amines is 2. The van der Waals surface area contributed by atoms with Gasteiger partial charge in [0.1, 0.15) is 28.3 Å². The van der Waals surface area contributed by atoms with E-state index in [-0.39, 0.29) is 17.3 Å². The number of nitrogens with zero attached hydrogens (tertiary/aromatic N) is 2. The zero-order valence-electron chi connectivity index (χ0n) is 16.4. The van der Waals surface area contributed by atoms with Crippen LogP contribution in [0.25, 0.3) is 43.8 Å². The number of hydrogen-bond acceptors (Lipinski definition) is 5. The van der Waals surface area contributed by atoms with Crippen LogP contribution in [-0.4, -0.2) is 26.3 Å². The molecule has 1 fully saturated rings. The topological polar surface area (TPSA) is 110 Å². The Labute approximate surface area is 175 Å². The van der Waals surface area contributed by atoms with Crippen LogP contribution in [0.2, 0.25) is 0 Å². The lowest BCUT2D eigenvalue weighted by atomic mass is 9.94. The second-order valence-corrected chi connectivity index (χ2v) is 7.86. The van der Waals surface area contributed by atoms with Crippen LogP contribution in [0.15, 0.2) is 47.5 Å². The Bertz CT molecular complexity index is 1550. The molecule has 8 heteroatoms. The van der Waals surface area contributed by atoms with Gasteiger partial charge in [0.2, 0.25) is 0 Å². The van der Waals surface area contributed by atoms with Crippen molar-refractivity contribution in [3.05, 3.63) is 58.9 Å². The van der Waals surface area contributed by atoms with Gasteiger partial charge in [-0.1, -0.05) is 6.07 Å². The molecule has 0 bridgehead atoms.